The van der Waals surface area contributed by atoms with Gasteiger partial charge in [-0.05, 0) is 41.8 Å². The fourth-order valence-electron chi connectivity index (χ4n) is 2.68. The van der Waals surface area contributed by atoms with E-state index in [1.165, 1.54) is 5.56 Å². The number of urea groups is 1. The van der Waals surface area contributed by atoms with Gasteiger partial charge in [-0.3, -0.25) is 0 Å². The topological polar surface area (TPSA) is 32.3 Å². The van der Waals surface area contributed by atoms with Crippen LogP contribution in [0, 0.1) is 0 Å². The van der Waals surface area contributed by atoms with Crippen LogP contribution in [0.4, 0.5) is 10.5 Å². The van der Waals surface area contributed by atoms with E-state index in [2.05, 4.69) is 18.3 Å². The van der Waals surface area contributed by atoms with E-state index in [9.17, 15) is 4.79 Å². The molecule has 1 fully saturated rings. The van der Waals surface area contributed by atoms with Gasteiger partial charge in [0.05, 0.1) is 0 Å². The summed E-state index contributed by atoms with van der Waals surface area (Å²) in [6, 6.07) is 15.7. The number of carbonyl (C=O) groups is 1. The van der Waals surface area contributed by atoms with Gasteiger partial charge in [0, 0.05) is 23.0 Å². The Morgan fingerprint density at radius 2 is 2.13 bits per heavy atom. The van der Waals surface area contributed by atoms with E-state index >= 15 is 0 Å². The fraction of sp³-hybridized carbons (Fsp3) is 0.278. The molecule has 1 saturated heterocycles. The van der Waals surface area contributed by atoms with Crippen molar-refractivity contribution in [3.05, 3.63) is 64.7 Å². The van der Waals surface area contributed by atoms with Crippen molar-refractivity contribution in [2.75, 3.05) is 17.6 Å². The van der Waals surface area contributed by atoms with Crippen LogP contribution in [-0.4, -0.2) is 23.2 Å². The van der Waals surface area contributed by atoms with E-state index in [0.29, 0.717) is 5.02 Å². The zero-order valence-corrected chi connectivity index (χ0v) is 14.5. The van der Waals surface area contributed by atoms with Gasteiger partial charge in [-0.25, -0.2) is 4.79 Å². The van der Waals surface area contributed by atoms with Gasteiger partial charge in [-0.1, -0.05) is 42.8 Å². The Kier molecular flexibility index (Phi) is 5.13. The van der Waals surface area contributed by atoms with E-state index in [1.54, 1.807) is 11.8 Å². The summed E-state index contributed by atoms with van der Waals surface area (Å²) in [6.45, 7) is 2.84. The summed E-state index contributed by atoms with van der Waals surface area (Å²) in [5.41, 5.74) is 3.12. The molecular weight excluding hydrogens is 328 g/mol. The molecule has 23 heavy (non-hydrogen) atoms. The lowest BCUT2D eigenvalue weighted by Crippen LogP contribution is -2.34. The van der Waals surface area contributed by atoms with E-state index in [4.69, 9.17) is 11.6 Å². The average molecular weight is 347 g/mol. The molecule has 1 N–H and O–H groups in total. The van der Waals surface area contributed by atoms with E-state index in [1.807, 2.05) is 47.4 Å². The normalized spacial score (nSPS) is 17.3. The largest absolute Gasteiger partial charge is 0.323 e. The van der Waals surface area contributed by atoms with Crippen molar-refractivity contribution in [1.29, 1.82) is 0 Å². The van der Waals surface area contributed by atoms with Gasteiger partial charge in [-0.15, -0.1) is 11.8 Å². The summed E-state index contributed by atoms with van der Waals surface area (Å²) < 4.78 is 0. The van der Waals surface area contributed by atoms with Gasteiger partial charge in [0.15, 0.2) is 0 Å². The number of hydrogen-bond donors (Lipinski definition) is 1. The summed E-state index contributed by atoms with van der Waals surface area (Å²) in [6.07, 6.45) is 0.953. The number of benzene rings is 2. The number of rotatable bonds is 3. The van der Waals surface area contributed by atoms with Crippen LogP contribution >= 0.6 is 23.4 Å². The van der Waals surface area contributed by atoms with Crippen LogP contribution < -0.4 is 5.32 Å². The Hall–Kier alpha value is -1.65. The lowest BCUT2D eigenvalue weighted by Gasteiger charge is -2.24. The van der Waals surface area contributed by atoms with Gasteiger partial charge >= 0.3 is 6.03 Å². The Morgan fingerprint density at radius 3 is 2.91 bits per heavy atom. The second-order valence-electron chi connectivity index (χ2n) is 5.46. The van der Waals surface area contributed by atoms with Gasteiger partial charge in [0.25, 0.3) is 0 Å². The fourth-order valence-corrected chi connectivity index (χ4v) is 4.12. The van der Waals surface area contributed by atoms with Crippen molar-refractivity contribution < 1.29 is 4.79 Å². The van der Waals surface area contributed by atoms with Crippen LogP contribution in [0.3, 0.4) is 0 Å². The average Bonchev–Trinajstić information content (AvgIpc) is 3.05. The van der Waals surface area contributed by atoms with Crippen molar-refractivity contribution >= 4 is 35.1 Å². The van der Waals surface area contributed by atoms with Gasteiger partial charge in [-0.2, -0.15) is 0 Å². The molecule has 1 aliphatic heterocycles. The second kappa shape index (κ2) is 7.28. The molecule has 0 bridgehead atoms. The lowest BCUT2D eigenvalue weighted by atomic mass is 10.1. The summed E-state index contributed by atoms with van der Waals surface area (Å²) in [4.78, 5) is 14.5. The van der Waals surface area contributed by atoms with Crippen LogP contribution in [0.1, 0.15) is 23.4 Å². The maximum absolute atomic E-state index is 12.7. The highest BCUT2D eigenvalue weighted by Crippen LogP contribution is 2.38. The van der Waals surface area contributed by atoms with Crippen LogP contribution in [0.15, 0.2) is 48.5 Å². The number of anilines is 1. The van der Waals surface area contributed by atoms with Crippen molar-refractivity contribution in [2.24, 2.45) is 0 Å². The lowest BCUT2D eigenvalue weighted by molar-refractivity contribution is 0.214. The third-order valence-electron chi connectivity index (χ3n) is 3.87. The minimum Gasteiger partial charge on any atom is -0.308 e. The summed E-state index contributed by atoms with van der Waals surface area (Å²) in [5.74, 6) is 0.930. The molecule has 0 saturated carbocycles. The van der Waals surface area contributed by atoms with Gasteiger partial charge in [0.2, 0.25) is 0 Å². The van der Waals surface area contributed by atoms with Crippen molar-refractivity contribution in [2.45, 2.75) is 18.7 Å². The first-order chi connectivity index (χ1) is 11.2. The van der Waals surface area contributed by atoms with Crippen LogP contribution in [0.2, 0.25) is 5.02 Å². The molecular formula is C18H19ClN2OS. The molecule has 120 valence electrons. The number of amides is 2. The third kappa shape index (κ3) is 3.82. The summed E-state index contributed by atoms with van der Waals surface area (Å²) in [7, 11) is 0. The van der Waals surface area contributed by atoms with Crippen LogP contribution in [-0.2, 0) is 6.42 Å². The van der Waals surface area contributed by atoms with Crippen molar-refractivity contribution in [3.63, 3.8) is 0 Å². The molecule has 2 aromatic carbocycles. The highest BCUT2D eigenvalue weighted by Gasteiger charge is 2.30. The number of carbonyl (C=O) groups excluding carboxylic acids is 1. The minimum absolute atomic E-state index is 0.0167. The molecule has 0 aromatic heterocycles. The van der Waals surface area contributed by atoms with Gasteiger partial charge < -0.3 is 10.2 Å². The predicted octanol–water partition coefficient (Wildman–Crippen LogP) is 5.18. The zero-order valence-electron chi connectivity index (χ0n) is 13.0. The molecule has 1 aliphatic rings. The number of halogens is 1. The minimum atomic E-state index is -0.0618. The highest BCUT2D eigenvalue weighted by atomic mass is 35.5. The Labute approximate surface area is 146 Å². The first-order valence-electron chi connectivity index (χ1n) is 7.71. The van der Waals surface area contributed by atoms with E-state index < -0.39 is 0 Å². The number of nitrogens with one attached hydrogen (secondary N) is 1. The third-order valence-corrected chi connectivity index (χ3v) is 5.37. The monoisotopic (exact) mass is 346 g/mol. The molecule has 0 spiro atoms. The quantitative estimate of drug-likeness (QED) is 0.830. The smallest absolute Gasteiger partial charge is 0.308 e. The van der Waals surface area contributed by atoms with Crippen LogP contribution in [0.5, 0.6) is 0 Å². The number of nitrogens with zero attached hydrogens (tertiary/aromatic N) is 1. The summed E-state index contributed by atoms with van der Waals surface area (Å²) >= 11 is 7.85. The van der Waals surface area contributed by atoms with Crippen molar-refractivity contribution in [1.82, 2.24) is 4.90 Å². The summed E-state index contributed by atoms with van der Waals surface area (Å²) in [5, 5.41) is 3.73. The Bertz CT molecular complexity index is 707. The zero-order chi connectivity index (χ0) is 16.2. The number of thioether (sulfide) groups is 1. The molecule has 1 heterocycles. The maximum Gasteiger partial charge on any atom is 0.323 e. The van der Waals surface area contributed by atoms with Crippen LogP contribution in [0.25, 0.3) is 0 Å². The molecule has 0 unspecified atom stereocenters. The molecule has 3 nitrogen and oxygen atoms in total. The standard InChI is InChI=1S/C18H19ClN2OS/c1-2-13-5-3-8-16(11-13)20-18(22)21-9-10-23-17(21)14-6-4-7-15(19)12-14/h3-8,11-12,17H,2,9-10H2,1H3,(H,20,22)/t17-/m0/s1. The molecule has 2 aromatic rings. The molecule has 1 atom stereocenters. The first kappa shape index (κ1) is 16.2. The molecule has 0 radical (unpaired) electrons. The predicted molar refractivity (Wildman–Crippen MR) is 98.2 cm³/mol. The highest BCUT2D eigenvalue weighted by molar-refractivity contribution is 7.99. The van der Waals surface area contributed by atoms with Gasteiger partial charge in [0.1, 0.15) is 5.37 Å². The van der Waals surface area contributed by atoms with E-state index in [-0.39, 0.29) is 11.4 Å². The first-order valence-corrected chi connectivity index (χ1v) is 9.13. The Balaban J connectivity index is 1.75. The Morgan fingerprint density at radius 1 is 1.30 bits per heavy atom. The second-order valence-corrected chi connectivity index (χ2v) is 7.08. The number of aryl methyl sites for hydroxylation is 1. The maximum atomic E-state index is 12.7. The van der Waals surface area contributed by atoms with Crippen molar-refractivity contribution in [3.8, 4) is 0 Å². The SMILES string of the molecule is CCc1cccc(NC(=O)N2CCS[C@H]2c2cccc(Cl)c2)c1. The molecule has 5 heteroatoms. The molecule has 0 aliphatic carbocycles. The van der Waals surface area contributed by atoms with E-state index in [0.717, 1.165) is 30.0 Å². The number of hydrogen-bond acceptors (Lipinski definition) is 2. The molecule has 2 amide bonds. The molecule has 3 rings (SSSR count).